The van der Waals surface area contributed by atoms with Crippen LogP contribution in [0.1, 0.15) is 41.6 Å². The number of nitrogens with two attached hydrogens (primary N) is 1. The highest BCUT2D eigenvalue weighted by Crippen LogP contribution is 2.18. The first-order valence-electron chi connectivity index (χ1n) is 9.27. The van der Waals surface area contributed by atoms with Crippen LogP contribution in [0.5, 0.6) is 0 Å². The normalized spacial score (nSPS) is 17.1. The topological polar surface area (TPSA) is 110 Å². The van der Waals surface area contributed by atoms with E-state index in [9.17, 15) is 14.4 Å². The van der Waals surface area contributed by atoms with Gasteiger partial charge < -0.3 is 16.0 Å². The molecule has 27 heavy (non-hydrogen) atoms. The molecule has 0 bridgehead atoms. The van der Waals surface area contributed by atoms with Crippen molar-refractivity contribution < 1.29 is 9.59 Å². The maximum Gasteiger partial charge on any atom is 0.270 e. The Bertz CT molecular complexity index is 908. The van der Waals surface area contributed by atoms with Gasteiger partial charge in [0, 0.05) is 44.5 Å². The summed E-state index contributed by atoms with van der Waals surface area (Å²) < 4.78 is 1.41. The van der Waals surface area contributed by atoms with E-state index in [1.807, 2.05) is 13.0 Å². The van der Waals surface area contributed by atoms with Crippen molar-refractivity contribution in [1.82, 2.24) is 19.6 Å². The van der Waals surface area contributed by atoms with Crippen LogP contribution in [0.4, 0.5) is 0 Å². The molecule has 0 aliphatic carbocycles. The van der Waals surface area contributed by atoms with Crippen molar-refractivity contribution in [3.63, 3.8) is 0 Å². The summed E-state index contributed by atoms with van der Waals surface area (Å²) in [6, 6.07) is 3.49. The Hall–Kier alpha value is -2.74. The van der Waals surface area contributed by atoms with E-state index in [0.717, 1.165) is 24.8 Å². The molecule has 144 valence electrons. The Balaban J connectivity index is 1.84. The fraction of sp³-hybridized carbons (Fsp3) is 0.474. The summed E-state index contributed by atoms with van der Waals surface area (Å²) in [5.41, 5.74) is 6.49. The van der Waals surface area contributed by atoms with Crippen LogP contribution in [-0.4, -0.2) is 51.8 Å². The number of amides is 2. The summed E-state index contributed by atoms with van der Waals surface area (Å²) >= 11 is 0. The van der Waals surface area contributed by atoms with Crippen LogP contribution in [-0.2, 0) is 4.79 Å². The van der Waals surface area contributed by atoms with Gasteiger partial charge in [-0.05, 0) is 37.8 Å². The van der Waals surface area contributed by atoms with Crippen molar-refractivity contribution in [3.05, 3.63) is 46.0 Å². The van der Waals surface area contributed by atoms with Crippen LogP contribution >= 0.6 is 0 Å². The van der Waals surface area contributed by atoms with Gasteiger partial charge >= 0.3 is 0 Å². The van der Waals surface area contributed by atoms with E-state index in [1.165, 1.54) is 10.6 Å². The standard InChI is InChI=1S/C19H25N5O3/c1-13-5-6-16-21-11-15(19(27)24(16)12-13)18(26)23-9-3-2-4-14(23)10-22-17(25)7-8-20/h5-6,11-12,14H,2-4,7-10,20H2,1H3,(H,22,25). The molecule has 1 unspecified atom stereocenters. The number of hydrogen-bond acceptors (Lipinski definition) is 5. The fourth-order valence-electron chi connectivity index (χ4n) is 3.42. The lowest BCUT2D eigenvalue weighted by Gasteiger charge is -2.35. The minimum absolute atomic E-state index is 0.0540. The molecule has 3 rings (SSSR count). The first-order valence-corrected chi connectivity index (χ1v) is 9.27. The molecular weight excluding hydrogens is 346 g/mol. The number of carbonyl (C=O) groups is 2. The van der Waals surface area contributed by atoms with E-state index < -0.39 is 0 Å². The van der Waals surface area contributed by atoms with Gasteiger partial charge in [-0.25, -0.2) is 4.98 Å². The molecular formula is C19H25N5O3. The number of pyridine rings is 1. The smallest absolute Gasteiger partial charge is 0.270 e. The molecule has 2 amide bonds. The molecule has 3 N–H and O–H groups in total. The zero-order chi connectivity index (χ0) is 19.4. The lowest BCUT2D eigenvalue weighted by molar-refractivity contribution is -0.121. The number of rotatable bonds is 5. The second-order valence-corrected chi connectivity index (χ2v) is 6.90. The molecule has 0 radical (unpaired) electrons. The van der Waals surface area contributed by atoms with E-state index in [4.69, 9.17) is 5.73 Å². The SMILES string of the molecule is Cc1ccc2ncc(C(=O)N3CCCCC3CNC(=O)CCN)c(=O)n2c1. The maximum atomic E-state index is 13.1. The second-order valence-electron chi connectivity index (χ2n) is 6.90. The number of hydrogen-bond donors (Lipinski definition) is 2. The van der Waals surface area contributed by atoms with Gasteiger partial charge in [-0.2, -0.15) is 0 Å². The molecule has 1 saturated heterocycles. The van der Waals surface area contributed by atoms with E-state index in [1.54, 1.807) is 17.2 Å². The number of aromatic nitrogens is 2. The molecule has 1 aliphatic heterocycles. The maximum absolute atomic E-state index is 13.1. The van der Waals surface area contributed by atoms with Gasteiger partial charge in [0.05, 0.1) is 0 Å². The predicted molar refractivity (Wildman–Crippen MR) is 102 cm³/mol. The monoisotopic (exact) mass is 371 g/mol. The molecule has 2 aromatic rings. The summed E-state index contributed by atoms with van der Waals surface area (Å²) in [4.78, 5) is 43.5. The van der Waals surface area contributed by atoms with Gasteiger partial charge in [-0.1, -0.05) is 6.07 Å². The van der Waals surface area contributed by atoms with Gasteiger partial charge in [0.25, 0.3) is 11.5 Å². The lowest BCUT2D eigenvalue weighted by atomic mass is 10.0. The summed E-state index contributed by atoms with van der Waals surface area (Å²) in [5, 5.41) is 2.83. The van der Waals surface area contributed by atoms with Crippen LogP contribution in [0.15, 0.2) is 29.3 Å². The van der Waals surface area contributed by atoms with Crippen molar-refractivity contribution in [2.45, 2.75) is 38.6 Å². The molecule has 8 heteroatoms. The Morgan fingerprint density at radius 1 is 1.33 bits per heavy atom. The summed E-state index contributed by atoms with van der Waals surface area (Å²) in [6.07, 6.45) is 5.94. The molecule has 1 aliphatic rings. The Labute approximate surface area is 157 Å². The van der Waals surface area contributed by atoms with Gasteiger partial charge in [-0.3, -0.25) is 18.8 Å². The highest BCUT2D eigenvalue weighted by molar-refractivity contribution is 5.94. The number of nitrogens with one attached hydrogen (secondary N) is 1. The minimum atomic E-state index is -0.370. The number of carbonyl (C=O) groups excluding carboxylic acids is 2. The van der Waals surface area contributed by atoms with Crippen LogP contribution in [0.3, 0.4) is 0 Å². The molecule has 3 heterocycles. The molecule has 0 saturated carbocycles. The van der Waals surface area contributed by atoms with Crippen molar-refractivity contribution >= 4 is 17.5 Å². The third-order valence-electron chi connectivity index (χ3n) is 4.87. The zero-order valence-corrected chi connectivity index (χ0v) is 15.5. The molecule has 8 nitrogen and oxygen atoms in total. The highest BCUT2D eigenvalue weighted by Gasteiger charge is 2.29. The largest absolute Gasteiger partial charge is 0.354 e. The van der Waals surface area contributed by atoms with Crippen LogP contribution in [0, 0.1) is 6.92 Å². The first kappa shape index (κ1) is 19.0. The van der Waals surface area contributed by atoms with Gasteiger partial charge in [0.15, 0.2) is 0 Å². The van der Waals surface area contributed by atoms with Crippen molar-refractivity contribution in [2.24, 2.45) is 5.73 Å². The van der Waals surface area contributed by atoms with Crippen molar-refractivity contribution in [1.29, 1.82) is 0 Å². The Kier molecular flexibility index (Phi) is 5.85. The number of piperidine rings is 1. The molecule has 0 aromatic carbocycles. The van der Waals surface area contributed by atoms with Gasteiger partial charge in [0.2, 0.25) is 5.91 Å². The highest BCUT2D eigenvalue weighted by atomic mass is 16.2. The fourth-order valence-corrected chi connectivity index (χ4v) is 3.42. The number of aryl methyl sites for hydroxylation is 1. The van der Waals surface area contributed by atoms with Gasteiger partial charge in [-0.15, -0.1) is 0 Å². The van der Waals surface area contributed by atoms with Crippen molar-refractivity contribution in [2.75, 3.05) is 19.6 Å². The molecule has 1 atom stereocenters. The second kappa shape index (κ2) is 8.30. The van der Waals surface area contributed by atoms with E-state index in [2.05, 4.69) is 10.3 Å². The minimum Gasteiger partial charge on any atom is -0.354 e. The summed E-state index contributed by atoms with van der Waals surface area (Å²) in [6.45, 7) is 3.10. The molecule has 0 spiro atoms. The molecule has 1 fully saturated rings. The van der Waals surface area contributed by atoms with E-state index in [-0.39, 0.29) is 41.9 Å². The van der Waals surface area contributed by atoms with Crippen LogP contribution in [0.2, 0.25) is 0 Å². The average molecular weight is 371 g/mol. The predicted octanol–water partition coefficient (Wildman–Crippen LogP) is 0.463. The van der Waals surface area contributed by atoms with Crippen molar-refractivity contribution in [3.8, 4) is 0 Å². The average Bonchev–Trinajstić information content (AvgIpc) is 2.67. The Morgan fingerprint density at radius 2 is 2.15 bits per heavy atom. The number of fused-ring (bicyclic) bond motifs is 1. The summed E-state index contributed by atoms with van der Waals surface area (Å²) in [5.74, 6) is -0.459. The third kappa shape index (κ3) is 4.16. The zero-order valence-electron chi connectivity index (χ0n) is 15.5. The molecule has 2 aromatic heterocycles. The first-order chi connectivity index (χ1) is 13.0. The summed E-state index contributed by atoms with van der Waals surface area (Å²) in [7, 11) is 0. The number of nitrogens with zero attached hydrogens (tertiary/aromatic N) is 3. The van der Waals surface area contributed by atoms with E-state index >= 15 is 0 Å². The quantitative estimate of drug-likeness (QED) is 0.794. The van der Waals surface area contributed by atoms with Crippen LogP contribution < -0.4 is 16.6 Å². The van der Waals surface area contributed by atoms with Crippen LogP contribution in [0.25, 0.3) is 5.65 Å². The lowest BCUT2D eigenvalue weighted by Crippen LogP contribution is -2.50. The number of likely N-dealkylation sites (tertiary alicyclic amines) is 1. The van der Waals surface area contributed by atoms with Gasteiger partial charge in [0.1, 0.15) is 11.2 Å². The third-order valence-corrected chi connectivity index (χ3v) is 4.87. The van der Waals surface area contributed by atoms with E-state index in [0.29, 0.717) is 18.7 Å². The Morgan fingerprint density at radius 3 is 2.93 bits per heavy atom.